The Hall–Kier alpha value is 0.330. The van der Waals surface area contributed by atoms with E-state index in [1.807, 2.05) is 19.2 Å². The summed E-state index contributed by atoms with van der Waals surface area (Å²) >= 11 is 8.22. The molecule has 0 aromatic carbocycles. The largest absolute Gasteiger partial charge is 0.249 e. The van der Waals surface area contributed by atoms with Gasteiger partial charge in [0.1, 0.15) is 0 Å². The third kappa shape index (κ3) is 2.52. The van der Waals surface area contributed by atoms with Crippen LogP contribution >= 0.6 is 43.2 Å². The predicted molar refractivity (Wildman–Crippen MR) is 52.7 cm³/mol. The Morgan fingerprint density at radius 1 is 1.70 bits per heavy atom. The molecule has 0 bridgehead atoms. The van der Waals surface area contributed by atoms with Crippen LogP contribution in [0.2, 0.25) is 0 Å². The van der Waals surface area contributed by atoms with Crippen LogP contribution < -0.4 is 0 Å². The van der Waals surface area contributed by atoms with E-state index in [0.29, 0.717) is 0 Å². The summed E-state index contributed by atoms with van der Waals surface area (Å²) in [6.45, 7) is 1.99. The number of thiazole rings is 1. The van der Waals surface area contributed by atoms with Gasteiger partial charge in [-0.25, -0.2) is 4.98 Å². The maximum Gasteiger partial charge on any atom is 0.0900 e. The van der Waals surface area contributed by atoms with Crippen molar-refractivity contribution in [3.8, 4) is 0 Å². The monoisotopic (exact) mass is 281 g/mol. The van der Waals surface area contributed by atoms with Gasteiger partial charge in [-0.15, -0.1) is 11.3 Å². The van der Waals surface area contributed by atoms with E-state index in [-0.39, 0.29) is 0 Å². The molecule has 0 aliphatic rings. The van der Waals surface area contributed by atoms with Crippen LogP contribution in [0.1, 0.15) is 9.88 Å². The normalized spacial score (nSPS) is 9.50. The molecule has 0 atom stereocenters. The van der Waals surface area contributed by atoms with Gasteiger partial charge >= 0.3 is 0 Å². The van der Waals surface area contributed by atoms with E-state index in [1.165, 1.54) is 0 Å². The minimum atomic E-state index is 0.948. The lowest BCUT2D eigenvalue weighted by molar-refractivity contribution is 1.30. The van der Waals surface area contributed by atoms with E-state index in [4.69, 9.17) is 0 Å². The third-order valence-corrected chi connectivity index (χ3v) is 2.21. The van der Waals surface area contributed by atoms with Crippen molar-refractivity contribution in [2.75, 3.05) is 0 Å². The molecule has 10 heavy (non-hydrogen) atoms. The maximum atomic E-state index is 4.10. The minimum absolute atomic E-state index is 0.948. The van der Waals surface area contributed by atoms with Crippen molar-refractivity contribution in [2.24, 2.45) is 0 Å². The number of nitrogens with zero attached hydrogens (tertiary/aromatic N) is 1. The first kappa shape index (κ1) is 8.43. The van der Waals surface area contributed by atoms with Gasteiger partial charge in [-0.1, -0.05) is 0 Å². The van der Waals surface area contributed by atoms with Crippen LogP contribution in [-0.2, 0) is 0 Å². The molecule has 0 N–H and O–H groups in total. The van der Waals surface area contributed by atoms with E-state index in [9.17, 15) is 0 Å². The van der Waals surface area contributed by atoms with Gasteiger partial charge in [0.15, 0.2) is 0 Å². The van der Waals surface area contributed by atoms with Crippen LogP contribution in [0, 0.1) is 6.92 Å². The predicted octanol–water partition coefficient (Wildman–Crippen LogP) is 3.54. The summed E-state index contributed by atoms with van der Waals surface area (Å²) < 4.78 is 0.948. The molecule has 0 spiro atoms. The molecule has 0 aliphatic heterocycles. The summed E-state index contributed by atoms with van der Waals surface area (Å²) in [5.41, 5.74) is 0. The SMILES string of the molecule is Cc1ncc(C=C(Br)Br)s1. The van der Waals surface area contributed by atoms with Crippen LogP contribution in [0.5, 0.6) is 0 Å². The van der Waals surface area contributed by atoms with Crippen molar-refractivity contribution in [3.63, 3.8) is 0 Å². The Balaban J connectivity index is 2.86. The van der Waals surface area contributed by atoms with Crippen LogP contribution in [-0.4, -0.2) is 4.98 Å². The van der Waals surface area contributed by atoms with E-state index in [0.717, 1.165) is 13.3 Å². The summed E-state index contributed by atoms with van der Waals surface area (Å²) in [6, 6.07) is 0. The minimum Gasteiger partial charge on any atom is -0.249 e. The van der Waals surface area contributed by atoms with Crippen molar-refractivity contribution in [3.05, 3.63) is 19.5 Å². The summed E-state index contributed by atoms with van der Waals surface area (Å²) in [5.74, 6) is 0. The summed E-state index contributed by atoms with van der Waals surface area (Å²) in [5, 5.41) is 1.09. The molecule has 0 fully saturated rings. The van der Waals surface area contributed by atoms with Crippen molar-refractivity contribution in [1.82, 2.24) is 4.98 Å². The lowest BCUT2D eigenvalue weighted by Crippen LogP contribution is -1.58. The molecule has 1 nitrogen and oxygen atoms in total. The van der Waals surface area contributed by atoms with Gasteiger partial charge in [0.05, 0.1) is 8.40 Å². The summed E-state index contributed by atoms with van der Waals surface area (Å²) in [4.78, 5) is 5.26. The lowest BCUT2D eigenvalue weighted by atomic mass is 10.5. The number of aryl methyl sites for hydroxylation is 1. The van der Waals surface area contributed by atoms with E-state index in [2.05, 4.69) is 36.8 Å². The maximum absolute atomic E-state index is 4.10. The molecule has 0 amide bonds. The zero-order valence-electron chi connectivity index (χ0n) is 5.27. The smallest absolute Gasteiger partial charge is 0.0900 e. The molecule has 1 heterocycles. The van der Waals surface area contributed by atoms with E-state index >= 15 is 0 Å². The number of aromatic nitrogens is 1. The van der Waals surface area contributed by atoms with Gasteiger partial charge in [-0.05, 0) is 44.9 Å². The fourth-order valence-electron chi connectivity index (χ4n) is 0.552. The van der Waals surface area contributed by atoms with Gasteiger partial charge < -0.3 is 0 Å². The Labute approximate surface area is 80.4 Å². The standard InChI is InChI=1S/C6H5Br2NS/c1-4-9-3-5(10-4)2-6(7)8/h2-3H,1H3. The molecular formula is C6H5Br2NS. The molecule has 0 aliphatic carbocycles. The first-order valence-electron chi connectivity index (χ1n) is 2.63. The highest BCUT2D eigenvalue weighted by atomic mass is 79.9. The first-order chi connectivity index (χ1) is 4.68. The zero-order chi connectivity index (χ0) is 7.56. The second kappa shape index (κ2) is 3.64. The molecule has 0 radical (unpaired) electrons. The van der Waals surface area contributed by atoms with Crippen molar-refractivity contribution < 1.29 is 0 Å². The fraction of sp³-hybridized carbons (Fsp3) is 0.167. The van der Waals surface area contributed by atoms with Crippen molar-refractivity contribution in [2.45, 2.75) is 6.92 Å². The quantitative estimate of drug-likeness (QED) is 0.768. The van der Waals surface area contributed by atoms with Gasteiger partial charge in [0.2, 0.25) is 0 Å². The highest BCUT2D eigenvalue weighted by Gasteiger charge is 1.93. The molecule has 0 saturated heterocycles. The third-order valence-electron chi connectivity index (χ3n) is 0.891. The number of rotatable bonds is 1. The van der Waals surface area contributed by atoms with Crippen molar-refractivity contribution >= 4 is 49.3 Å². The van der Waals surface area contributed by atoms with Gasteiger partial charge in [0, 0.05) is 11.1 Å². The topological polar surface area (TPSA) is 12.9 Å². The Morgan fingerprint density at radius 3 is 2.80 bits per heavy atom. The average molecular weight is 283 g/mol. The molecule has 0 saturated carbocycles. The lowest BCUT2D eigenvalue weighted by Gasteiger charge is -1.80. The number of hydrogen-bond donors (Lipinski definition) is 0. The molecule has 4 heteroatoms. The first-order valence-corrected chi connectivity index (χ1v) is 5.04. The fourth-order valence-corrected chi connectivity index (χ4v) is 2.08. The summed E-state index contributed by atoms with van der Waals surface area (Å²) in [7, 11) is 0. The Bertz CT molecular complexity index is 250. The second-order valence-corrected chi connectivity index (χ2v) is 5.75. The number of hydrogen-bond acceptors (Lipinski definition) is 2. The Kier molecular flexibility index (Phi) is 3.07. The molecule has 54 valence electrons. The van der Waals surface area contributed by atoms with Crippen LogP contribution in [0.25, 0.3) is 6.08 Å². The van der Waals surface area contributed by atoms with Crippen LogP contribution in [0.3, 0.4) is 0 Å². The average Bonchev–Trinajstić information content (AvgIpc) is 2.13. The van der Waals surface area contributed by atoms with Gasteiger partial charge in [0.25, 0.3) is 0 Å². The summed E-state index contributed by atoms with van der Waals surface area (Å²) in [6.07, 6.45) is 3.83. The van der Waals surface area contributed by atoms with E-state index < -0.39 is 0 Å². The van der Waals surface area contributed by atoms with Gasteiger partial charge in [-0.2, -0.15) is 0 Å². The second-order valence-electron chi connectivity index (χ2n) is 1.72. The highest BCUT2D eigenvalue weighted by molar-refractivity contribution is 9.28. The molecule has 1 aromatic heterocycles. The zero-order valence-corrected chi connectivity index (χ0v) is 9.25. The molecular weight excluding hydrogens is 278 g/mol. The molecule has 0 unspecified atom stereocenters. The number of halogens is 2. The molecule has 1 aromatic rings. The van der Waals surface area contributed by atoms with Crippen molar-refractivity contribution in [1.29, 1.82) is 0 Å². The van der Waals surface area contributed by atoms with E-state index in [1.54, 1.807) is 11.3 Å². The molecule has 1 rings (SSSR count). The van der Waals surface area contributed by atoms with Crippen LogP contribution in [0.15, 0.2) is 9.59 Å². The van der Waals surface area contributed by atoms with Gasteiger partial charge in [-0.3, -0.25) is 0 Å². The highest BCUT2D eigenvalue weighted by Crippen LogP contribution is 2.21. The Morgan fingerprint density at radius 2 is 2.40 bits per heavy atom. The van der Waals surface area contributed by atoms with Crippen LogP contribution in [0.4, 0.5) is 0 Å².